The van der Waals surface area contributed by atoms with Crippen LogP contribution in [0.5, 0.6) is 0 Å². The molecule has 0 aliphatic carbocycles. The molecule has 1 amide bonds. The highest BCUT2D eigenvalue weighted by Gasteiger charge is 2.19. The van der Waals surface area contributed by atoms with Crippen LogP contribution in [0.2, 0.25) is 0 Å². The fraction of sp³-hybridized carbons (Fsp3) is 0.333. The molecule has 1 aromatic carbocycles. The van der Waals surface area contributed by atoms with Crippen LogP contribution in [0.25, 0.3) is 0 Å². The van der Waals surface area contributed by atoms with E-state index in [-0.39, 0.29) is 6.29 Å². The Hall–Kier alpha value is -1.98. The van der Waals surface area contributed by atoms with E-state index in [1.54, 1.807) is 20.8 Å². The van der Waals surface area contributed by atoms with Crippen LogP contribution in [-0.4, -0.2) is 18.0 Å². The van der Waals surface area contributed by atoms with Crippen molar-refractivity contribution in [2.24, 2.45) is 0 Å². The minimum Gasteiger partial charge on any atom is -0.444 e. The second-order valence-corrected chi connectivity index (χ2v) is 4.60. The monoisotopic (exact) mass is 257 g/mol. The Morgan fingerprint density at radius 1 is 1.33 bits per heavy atom. The van der Waals surface area contributed by atoms with E-state index in [0.29, 0.717) is 0 Å². The van der Waals surface area contributed by atoms with Gasteiger partial charge in [0.15, 0.2) is 12.1 Å². The largest absolute Gasteiger partial charge is 0.444 e. The van der Waals surface area contributed by atoms with Gasteiger partial charge in [-0.1, -0.05) is 0 Å². The first kappa shape index (κ1) is 14.1. The van der Waals surface area contributed by atoms with Gasteiger partial charge < -0.3 is 4.74 Å². The van der Waals surface area contributed by atoms with Gasteiger partial charge in [0.05, 0.1) is 11.3 Å². The second kappa shape index (κ2) is 5.12. The van der Waals surface area contributed by atoms with Crippen LogP contribution in [0.15, 0.2) is 12.1 Å². The molecular weight excluding hydrogens is 244 g/mol. The molecule has 0 heterocycles. The van der Waals surface area contributed by atoms with Crippen molar-refractivity contribution in [3.8, 4) is 0 Å². The molecule has 0 saturated carbocycles. The van der Waals surface area contributed by atoms with Crippen LogP contribution in [0.4, 0.5) is 19.3 Å². The normalized spacial score (nSPS) is 10.9. The van der Waals surface area contributed by atoms with Crippen molar-refractivity contribution < 1.29 is 23.1 Å². The molecule has 0 aromatic heterocycles. The van der Waals surface area contributed by atoms with E-state index >= 15 is 0 Å². The number of amides is 1. The SMILES string of the molecule is CC(C)(C)OC(=O)Nc1cc(F)cc(C=O)c1F. The first-order chi connectivity index (χ1) is 8.23. The maximum Gasteiger partial charge on any atom is 0.412 e. The number of aldehydes is 1. The van der Waals surface area contributed by atoms with Gasteiger partial charge in [-0.05, 0) is 26.8 Å². The number of anilines is 1. The molecule has 0 radical (unpaired) electrons. The summed E-state index contributed by atoms with van der Waals surface area (Å²) in [6, 6.07) is 1.51. The lowest BCUT2D eigenvalue weighted by Gasteiger charge is -2.19. The number of carbonyl (C=O) groups excluding carboxylic acids is 2. The van der Waals surface area contributed by atoms with Crippen molar-refractivity contribution in [2.75, 3.05) is 5.32 Å². The maximum absolute atomic E-state index is 13.6. The number of hydrogen-bond acceptors (Lipinski definition) is 3. The number of halogens is 2. The predicted molar refractivity (Wildman–Crippen MR) is 61.6 cm³/mol. The van der Waals surface area contributed by atoms with Crippen molar-refractivity contribution in [1.82, 2.24) is 0 Å². The van der Waals surface area contributed by atoms with Crippen LogP contribution < -0.4 is 5.32 Å². The third-order valence-corrected chi connectivity index (χ3v) is 1.83. The van der Waals surface area contributed by atoms with E-state index in [4.69, 9.17) is 4.74 Å². The van der Waals surface area contributed by atoms with Gasteiger partial charge in [-0.2, -0.15) is 0 Å². The van der Waals surface area contributed by atoms with E-state index in [2.05, 4.69) is 0 Å². The zero-order valence-corrected chi connectivity index (χ0v) is 10.2. The van der Waals surface area contributed by atoms with Crippen molar-refractivity contribution in [3.05, 3.63) is 29.3 Å². The molecular formula is C12H13F2NO3. The minimum atomic E-state index is -1.00. The minimum absolute atomic E-state index is 0.165. The lowest BCUT2D eigenvalue weighted by molar-refractivity contribution is 0.0635. The highest BCUT2D eigenvalue weighted by atomic mass is 19.1. The Morgan fingerprint density at radius 3 is 2.44 bits per heavy atom. The molecule has 0 spiro atoms. The summed E-state index contributed by atoms with van der Waals surface area (Å²) in [6.45, 7) is 4.89. The summed E-state index contributed by atoms with van der Waals surface area (Å²) >= 11 is 0. The van der Waals surface area contributed by atoms with Crippen LogP contribution in [0.1, 0.15) is 31.1 Å². The quantitative estimate of drug-likeness (QED) is 0.828. The molecule has 18 heavy (non-hydrogen) atoms. The fourth-order valence-corrected chi connectivity index (χ4v) is 1.20. The topological polar surface area (TPSA) is 55.4 Å². The molecule has 1 rings (SSSR count). The third kappa shape index (κ3) is 3.80. The molecule has 0 unspecified atom stereocenters. The van der Waals surface area contributed by atoms with Gasteiger partial charge in [0.2, 0.25) is 0 Å². The Bertz CT molecular complexity index is 481. The molecule has 0 saturated heterocycles. The van der Waals surface area contributed by atoms with Crippen LogP contribution >= 0.6 is 0 Å². The number of carbonyl (C=O) groups is 2. The van der Waals surface area contributed by atoms with Crippen molar-refractivity contribution in [1.29, 1.82) is 0 Å². The Balaban J connectivity index is 2.94. The lowest BCUT2D eigenvalue weighted by Crippen LogP contribution is -2.27. The van der Waals surface area contributed by atoms with Gasteiger partial charge >= 0.3 is 6.09 Å². The molecule has 0 atom stereocenters. The van der Waals surface area contributed by atoms with Gasteiger partial charge in [-0.25, -0.2) is 13.6 Å². The molecule has 1 N–H and O–H groups in total. The standard InChI is InChI=1S/C12H13F2NO3/c1-12(2,3)18-11(17)15-9-5-8(13)4-7(6-16)10(9)14/h4-6H,1-3H3,(H,15,17). The maximum atomic E-state index is 13.6. The van der Waals surface area contributed by atoms with Crippen LogP contribution in [0.3, 0.4) is 0 Å². The van der Waals surface area contributed by atoms with E-state index < -0.39 is 34.6 Å². The van der Waals surface area contributed by atoms with E-state index in [0.717, 1.165) is 12.1 Å². The van der Waals surface area contributed by atoms with E-state index in [9.17, 15) is 18.4 Å². The summed E-state index contributed by atoms with van der Waals surface area (Å²) in [5.41, 5.74) is -1.67. The molecule has 0 aliphatic heterocycles. The summed E-state index contributed by atoms with van der Waals surface area (Å²) < 4.78 is 31.5. The highest BCUT2D eigenvalue weighted by Crippen LogP contribution is 2.20. The molecule has 4 nitrogen and oxygen atoms in total. The highest BCUT2D eigenvalue weighted by molar-refractivity contribution is 5.87. The van der Waals surface area contributed by atoms with E-state index in [1.165, 1.54) is 0 Å². The zero-order chi connectivity index (χ0) is 13.9. The molecule has 6 heteroatoms. The van der Waals surface area contributed by atoms with Gasteiger partial charge in [0.1, 0.15) is 11.4 Å². The summed E-state index contributed by atoms with van der Waals surface area (Å²) in [6.07, 6.45) is -0.762. The Kier molecular flexibility index (Phi) is 4.00. The van der Waals surface area contributed by atoms with Crippen molar-refractivity contribution in [2.45, 2.75) is 26.4 Å². The average Bonchev–Trinajstić information content (AvgIpc) is 2.20. The second-order valence-electron chi connectivity index (χ2n) is 4.60. The number of ether oxygens (including phenoxy) is 1. The van der Waals surface area contributed by atoms with Crippen molar-refractivity contribution >= 4 is 18.1 Å². The molecule has 1 aromatic rings. The van der Waals surface area contributed by atoms with Gasteiger partial charge in [-0.3, -0.25) is 10.1 Å². The van der Waals surface area contributed by atoms with Gasteiger partial charge in [0, 0.05) is 6.07 Å². The number of benzene rings is 1. The average molecular weight is 257 g/mol. The molecule has 98 valence electrons. The summed E-state index contributed by atoms with van der Waals surface area (Å²) in [4.78, 5) is 21.9. The van der Waals surface area contributed by atoms with Crippen molar-refractivity contribution in [3.63, 3.8) is 0 Å². The number of nitrogens with one attached hydrogen (secondary N) is 1. The molecule has 0 fully saturated rings. The first-order valence-electron chi connectivity index (χ1n) is 5.17. The van der Waals surface area contributed by atoms with Crippen LogP contribution in [0, 0.1) is 11.6 Å². The zero-order valence-electron chi connectivity index (χ0n) is 10.2. The summed E-state index contributed by atoms with van der Waals surface area (Å²) in [5, 5.41) is 2.05. The Labute approximate surface area is 103 Å². The lowest BCUT2D eigenvalue weighted by atomic mass is 10.2. The predicted octanol–water partition coefficient (Wildman–Crippen LogP) is 3.12. The molecule has 0 aliphatic rings. The first-order valence-corrected chi connectivity index (χ1v) is 5.17. The Morgan fingerprint density at radius 2 is 1.94 bits per heavy atom. The number of rotatable bonds is 2. The third-order valence-electron chi connectivity index (χ3n) is 1.83. The summed E-state index contributed by atoms with van der Waals surface area (Å²) in [5.74, 6) is -1.83. The van der Waals surface area contributed by atoms with Gasteiger partial charge in [-0.15, -0.1) is 0 Å². The van der Waals surface area contributed by atoms with E-state index in [1.807, 2.05) is 5.32 Å². The molecule has 0 bridgehead atoms. The van der Waals surface area contributed by atoms with Gasteiger partial charge in [0.25, 0.3) is 0 Å². The number of hydrogen-bond donors (Lipinski definition) is 1. The van der Waals surface area contributed by atoms with Crippen LogP contribution in [-0.2, 0) is 4.74 Å². The smallest absolute Gasteiger partial charge is 0.412 e. The summed E-state index contributed by atoms with van der Waals surface area (Å²) in [7, 11) is 0. The fourth-order valence-electron chi connectivity index (χ4n) is 1.20.